The third-order valence-electron chi connectivity index (χ3n) is 1.72. The molecule has 0 aliphatic rings. The molecule has 1 aromatic rings. The molecule has 78 valence electrons. The highest BCUT2D eigenvalue weighted by Gasteiger charge is 2.10. The molecule has 1 rings (SSSR count). The van der Waals surface area contributed by atoms with Crippen molar-refractivity contribution in [3.8, 4) is 17.2 Å². The van der Waals surface area contributed by atoms with Gasteiger partial charge < -0.3 is 20.2 Å². The van der Waals surface area contributed by atoms with Gasteiger partial charge in [-0.3, -0.25) is 0 Å². The number of hydrogen-bond donors (Lipinski definition) is 4. The van der Waals surface area contributed by atoms with Gasteiger partial charge in [0.1, 0.15) is 0 Å². The van der Waals surface area contributed by atoms with E-state index < -0.39 is 5.75 Å². The Morgan fingerprint density at radius 1 is 1.21 bits per heavy atom. The Hall–Kier alpha value is -1.46. The zero-order valence-electron chi connectivity index (χ0n) is 7.82. The lowest BCUT2D eigenvalue weighted by atomic mass is 10.2. The summed E-state index contributed by atoms with van der Waals surface area (Å²) in [5, 5.41) is 27.6. The van der Waals surface area contributed by atoms with Crippen LogP contribution in [-0.4, -0.2) is 21.9 Å². The second-order valence-electron chi connectivity index (χ2n) is 2.70. The smallest absolute Gasteiger partial charge is 0.200 e. The lowest BCUT2D eigenvalue weighted by molar-refractivity contribution is 0.0458. The van der Waals surface area contributed by atoms with Gasteiger partial charge in [-0.05, 0) is 19.1 Å². The number of hydroxylamine groups is 1. The molecule has 0 saturated heterocycles. The molecule has 0 fully saturated rings. The van der Waals surface area contributed by atoms with Gasteiger partial charge in [0.2, 0.25) is 5.75 Å². The van der Waals surface area contributed by atoms with Crippen molar-refractivity contribution >= 4 is 0 Å². The molecule has 0 unspecified atom stereocenters. The SMILES string of the molecule is CCONCc1ccc(O)c(O)c1O. The van der Waals surface area contributed by atoms with Crippen LogP contribution in [0.15, 0.2) is 12.1 Å². The van der Waals surface area contributed by atoms with Crippen LogP contribution in [0.5, 0.6) is 17.2 Å². The Labute approximate surface area is 81.5 Å². The summed E-state index contributed by atoms with van der Waals surface area (Å²) in [6, 6.07) is 2.80. The Kier molecular flexibility index (Phi) is 3.55. The summed E-state index contributed by atoms with van der Waals surface area (Å²) in [5.74, 6) is -1.19. The zero-order valence-corrected chi connectivity index (χ0v) is 7.82. The maximum Gasteiger partial charge on any atom is 0.200 e. The summed E-state index contributed by atoms with van der Waals surface area (Å²) >= 11 is 0. The molecule has 5 nitrogen and oxygen atoms in total. The van der Waals surface area contributed by atoms with Gasteiger partial charge in [-0.25, -0.2) is 0 Å². The summed E-state index contributed by atoms with van der Waals surface area (Å²) in [7, 11) is 0. The highest BCUT2D eigenvalue weighted by molar-refractivity contribution is 5.52. The van der Waals surface area contributed by atoms with Crippen molar-refractivity contribution in [2.24, 2.45) is 0 Å². The number of phenolic OH excluding ortho intramolecular Hbond substituents is 3. The molecule has 0 amide bonds. The fraction of sp³-hybridized carbons (Fsp3) is 0.333. The molecule has 0 atom stereocenters. The van der Waals surface area contributed by atoms with Crippen LogP contribution < -0.4 is 5.48 Å². The molecule has 0 radical (unpaired) electrons. The third kappa shape index (κ3) is 2.27. The van der Waals surface area contributed by atoms with Crippen molar-refractivity contribution in [2.75, 3.05) is 6.61 Å². The number of nitrogens with one attached hydrogen (secondary N) is 1. The molecule has 0 heterocycles. The van der Waals surface area contributed by atoms with Crippen molar-refractivity contribution < 1.29 is 20.2 Å². The quantitative estimate of drug-likeness (QED) is 0.328. The van der Waals surface area contributed by atoms with Gasteiger partial charge in [-0.15, -0.1) is 0 Å². The first-order chi connectivity index (χ1) is 6.66. The van der Waals surface area contributed by atoms with E-state index in [9.17, 15) is 10.2 Å². The molecule has 4 N–H and O–H groups in total. The second kappa shape index (κ2) is 4.69. The molecule has 1 aromatic carbocycles. The molecule has 14 heavy (non-hydrogen) atoms. The summed E-state index contributed by atoms with van der Waals surface area (Å²) in [5.41, 5.74) is 3.04. The predicted molar refractivity (Wildman–Crippen MR) is 49.9 cm³/mol. The second-order valence-corrected chi connectivity index (χ2v) is 2.70. The Morgan fingerprint density at radius 3 is 2.57 bits per heavy atom. The van der Waals surface area contributed by atoms with Gasteiger partial charge in [0.15, 0.2) is 11.5 Å². The van der Waals surface area contributed by atoms with E-state index in [0.717, 1.165) is 0 Å². The van der Waals surface area contributed by atoms with Crippen LogP contribution in [0.2, 0.25) is 0 Å². The number of phenols is 3. The average molecular weight is 199 g/mol. The van der Waals surface area contributed by atoms with E-state index in [-0.39, 0.29) is 18.0 Å². The van der Waals surface area contributed by atoms with Crippen LogP contribution in [0.25, 0.3) is 0 Å². The van der Waals surface area contributed by atoms with Gasteiger partial charge >= 0.3 is 0 Å². The van der Waals surface area contributed by atoms with E-state index in [1.807, 2.05) is 6.92 Å². The number of hydrogen-bond acceptors (Lipinski definition) is 5. The zero-order chi connectivity index (χ0) is 10.6. The van der Waals surface area contributed by atoms with Crippen LogP contribution >= 0.6 is 0 Å². The van der Waals surface area contributed by atoms with Gasteiger partial charge in [0.05, 0.1) is 6.61 Å². The highest BCUT2D eigenvalue weighted by Crippen LogP contribution is 2.36. The summed E-state index contributed by atoms with van der Waals surface area (Å²) in [6.07, 6.45) is 0. The standard InChI is InChI=1S/C9H13NO4/c1-2-14-10-5-6-3-4-7(11)9(13)8(6)12/h3-4,10-13H,2,5H2,1H3. The predicted octanol–water partition coefficient (Wildman–Crippen LogP) is 0.844. The van der Waals surface area contributed by atoms with E-state index in [4.69, 9.17) is 9.94 Å². The van der Waals surface area contributed by atoms with Crippen LogP contribution in [0, 0.1) is 0 Å². The maximum atomic E-state index is 9.37. The monoisotopic (exact) mass is 199 g/mol. The Morgan fingerprint density at radius 2 is 1.93 bits per heavy atom. The van der Waals surface area contributed by atoms with E-state index in [1.54, 1.807) is 0 Å². The van der Waals surface area contributed by atoms with Gasteiger partial charge in [-0.1, -0.05) is 0 Å². The van der Waals surface area contributed by atoms with Crippen molar-refractivity contribution in [1.82, 2.24) is 5.48 Å². The molecule has 0 aliphatic carbocycles. The van der Waals surface area contributed by atoms with Crippen LogP contribution in [0.3, 0.4) is 0 Å². The normalized spacial score (nSPS) is 10.4. The van der Waals surface area contributed by atoms with Crippen LogP contribution in [0.4, 0.5) is 0 Å². The topological polar surface area (TPSA) is 82.0 Å². The fourth-order valence-electron chi connectivity index (χ4n) is 0.984. The summed E-state index contributed by atoms with van der Waals surface area (Å²) < 4.78 is 0. The van der Waals surface area contributed by atoms with Gasteiger partial charge in [0, 0.05) is 12.1 Å². The van der Waals surface area contributed by atoms with Crippen molar-refractivity contribution in [3.05, 3.63) is 17.7 Å². The number of rotatable bonds is 4. The molecule has 0 aliphatic heterocycles. The first kappa shape index (κ1) is 10.6. The molecule has 0 bridgehead atoms. The summed E-state index contributed by atoms with van der Waals surface area (Å²) in [4.78, 5) is 4.86. The first-order valence-corrected chi connectivity index (χ1v) is 4.24. The molecule has 5 heteroatoms. The Balaban J connectivity index is 2.73. The minimum Gasteiger partial charge on any atom is -0.504 e. The minimum absolute atomic E-state index is 0.257. The number of benzene rings is 1. The molecule has 0 spiro atoms. The van der Waals surface area contributed by atoms with E-state index in [2.05, 4.69) is 5.48 Å². The van der Waals surface area contributed by atoms with Gasteiger partial charge in [0.25, 0.3) is 0 Å². The van der Waals surface area contributed by atoms with E-state index >= 15 is 0 Å². The van der Waals surface area contributed by atoms with Crippen LogP contribution in [0.1, 0.15) is 12.5 Å². The average Bonchev–Trinajstić information content (AvgIpc) is 2.18. The Bertz CT molecular complexity index is 314. The largest absolute Gasteiger partial charge is 0.504 e. The maximum absolute atomic E-state index is 9.37. The van der Waals surface area contributed by atoms with Crippen molar-refractivity contribution in [3.63, 3.8) is 0 Å². The van der Waals surface area contributed by atoms with Crippen LogP contribution in [-0.2, 0) is 11.4 Å². The molecular formula is C9H13NO4. The fourth-order valence-corrected chi connectivity index (χ4v) is 0.984. The molecular weight excluding hydrogens is 186 g/mol. The van der Waals surface area contributed by atoms with E-state index in [0.29, 0.717) is 12.2 Å². The summed E-state index contributed by atoms with van der Waals surface area (Å²) in [6.45, 7) is 2.58. The lowest BCUT2D eigenvalue weighted by Gasteiger charge is -2.08. The van der Waals surface area contributed by atoms with Crippen molar-refractivity contribution in [2.45, 2.75) is 13.5 Å². The van der Waals surface area contributed by atoms with Gasteiger partial charge in [-0.2, -0.15) is 5.48 Å². The van der Waals surface area contributed by atoms with Crippen molar-refractivity contribution in [1.29, 1.82) is 0 Å². The third-order valence-corrected chi connectivity index (χ3v) is 1.72. The first-order valence-electron chi connectivity index (χ1n) is 4.24. The molecule has 0 saturated carbocycles. The number of aromatic hydroxyl groups is 3. The van der Waals surface area contributed by atoms with E-state index in [1.165, 1.54) is 12.1 Å². The lowest BCUT2D eigenvalue weighted by Crippen LogP contribution is -2.13. The minimum atomic E-state index is -0.513. The highest BCUT2D eigenvalue weighted by atomic mass is 16.6. The molecule has 0 aromatic heterocycles.